The first kappa shape index (κ1) is 20.0. The summed E-state index contributed by atoms with van der Waals surface area (Å²) in [6.45, 7) is 4.79. The molecule has 27 heavy (non-hydrogen) atoms. The Kier molecular flexibility index (Phi) is 6.93. The summed E-state index contributed by atoms with van der Waals surface area (Å²) in [4.78, 5) is 35.0. The van der Waals surface area contributed by atoms with Crippen LogP contribution >= 0.6 is 0 Å². The fraction of sp³-hybridized carbons (Fsp3) is 0.250. The first-order valence-corrected chi connectivity index (χ1v) is 8.45. The van der Waals surface area contributed by atoms with Gasteiger partial charge in [-0.3, -0.25) is 9.59 Å². The van der Waals surface area contributed by atoms with Gasteiger partial charge in [-0.15, -0.1) is 0 Å². The van der Waals surface area contributed by atoms with Crippen molar-refractivity contribution in [1.82, 2.24) is 0 Å². The number of nitrogens with one attached hydrogen (secondary N) is 2. The second-order valence-corrected chi connectivity index (χ2v) is 6.08. The lowest BCUT2D eigenvalue weighted by atomic mass is 10.2. The molecule has 0 radical (unpaired) electrons. The highest BCUT2D eigenvalue weighted by Gasteiger charge is 2.11. The lowest BCUT2D eigenvalue weighted by molar-refractivity contribution is -0.119. The molecular weight excluding hydrogens is 348 g/mol. The molecule has 2 amide bonds. The lowest BCUT2D eigenvalue weighted by Gasteiger charge is -2.10. The van der Waals surface area contributed by atoms with Crippen molar-refractivity contribution in [1.29, 1.82) is 0 Å². The van der Waals surface area contributed by atoms with Gasteiger partial charge in [-0.25, -0.2) is 4.79 Å². The third kappa shape index (κ3) is 6.81. The van der Waals surface area contributed by atoms with Gasteiger partial charge in [0.25, 0.3) is 5.91 Å². The van der Waals surface area contributed by atoms with Gasteiger partial charge in [-0.1, -0.05) is 6.07 Å². The van der Waals surface area contributed by atoms with E-state index in [1.807, 2.05) is 13.8 Å². The van der Waals surface area contributed by atoms with Crippen LogP contribution in [-0.2, 0) is 14.3 Å². The smallest absolute Gasteiger partial charge is 0.338 e. The molecule has 0 unspecified atom stereocenters. The average Bonchev–Trinajstić information content (AvgIpc) is 2.59. The summed E-state index contributed by atoms with van der Waals surface area (Å²) in [7, 11) is 0. The van der Waals surface area contributed by atoms with Crippen molar-refractivity contribution in [3.05, 3.63) is 54.1 Å². The van der Waals surface area contributed by atoms with E-state index in [1.54, 1.807) is 48.5 Å². The summed E-state index contributed by atoms with van der Waals surface area (Å²) >= 11 is 0. The van der Waals surface area contributed by atoms with Crippen molar-refractivity contribution in [3.8, 4) is 5.75 Å². The number of hydrogen-bond acceptors (Lipinski definition) is 5. The van der Waals surface area contributed by atoms with Crippen LogP contribution < -0.4 is 15.4 Å². The Morgan fingerprint density at radius 2 is 1.59 bits per heavy atom. The Morgan fingerprint density at radius 3 is 2.19 bits per heavy atom. The van der Waals surface area contributed by atoms with Gasteiger partial charge in [0, 0.05) is 18.3 Å². The molecule has 2 rings (SSSR count). The summed E-state index contributed by atoms with van der Waals surface area (Å²) in [6, 6.07) is 13.2. The van der Waals surface area contributed by atoms with Gasteiger partial charge in [-0.2, -0.15) is 0 Å². The molecule has 2 N–H and O–H groups in total. The topological polar surface area (TPSA) is 93.7 Å². The average molecular weight is 370 g/mol. The van der Waals surface area contributed by atoms with Crippen LogP contribution in [0.4, 0.5) is 11.4 Å². The molecule has 0 fully saturated rings. The minimum absolute atomic E-state index is 0.0376. The first-order valence-electron chi connectivity index (χ1n) is 8.45. The molecule has 0 saturated heterocycles. The van der Waals surface area contributed by atoms with Crippen LogP contribution in [0.15, 0.2) is 48.5 Å². The number of amides is 2. The van der Waals surface area contributed by atoms with Gasteiger partial charge in [-0.05, 0) is 56.3 Å². The molecule has 142 valence electrons. The van der Waals surface area contributed by atoms with Crippen LogP contribution in [0, 0.1) is 0 Å². The van der Waals surface area contributed by atoms with Crippen LogP contribution in [0.1, 0.15) is 31.1 Å². The highest BCUT2D eigenvalue weighted by Crippen LogP contribution is 2.16. The van der Waals surface area contributed by atoms with Crippen LogP contribution in [0.2, 0.25) is 0 Å². The van der Waals surface area contributed by atoms with Crippen molar-refractivity contribution < 1.29 is 23.9 Å². The minimum Gasteiger partial charge on any atom is -0.491 e. The molecule has 0 aliphatic carbocycles. The monoisotopic (exact) mass is 370 g/mol. The molecule has 0 saturated carbocycles. The fourth-order valence-electron chi connectivity index (χ4n) is 2.23. The van der Waals surface area contributed by atoms with Crippen molar-refractivity contribution in [2.45, 2.75) is 26.9 Å². The Morgan fingerprint density at radius 1 is 0.963 bits per heavy atom. The minimum atomic E-state index is -0.603. The van der Waals surface area contributed by atoms with Gasteiger partial charge >= 0.3 is 5.97 Å². The number of carbonyl (C=O) groups is 3. The Bertz CT molecular complexity index is 815. The van der Waals surface area contributed by atoms with Gasteiger partial charge in [0.15, 0.2) is 6.61 Å². The number of carbonyl (C=O) groups excluding carboxylic acids is 3. The van der Waals surface area contributed by atoms with Gasteiger partial charge in [0.2, 0.25) is 5.91 Å². The molecule has 0 heterocycles. The lowest BCUT2D eigenvalue weighted by Crippen LogP contribution is -2.21. The van der Waals surface area contributed by atoms with Gasteiger partial charge in [0.05, 0.1) is 11.7 Å². The summed E-state index contributed by atoms with van der Waals surface area (Å²) in [6.07, 6.45) is 0.0376. The number of ether oxygens (including phenoxy) is 2. The molecule has 7 nitrogen and oxygen atoms in total. The quantitative estimate of drug-likeness (QED) is 0.730. The maximum Gasteiger partial charge on any atom is 0.338 e. The number of esters is 1. The van der Waals surface area contributed by atoms with E-state index < -0.39 is 18.5 Å². The summed E-state index contributed by atoms with van der Waals surface area (Å²) in [5.74, 6) is -0.646. The second kappa shape index (κ2) is 9.38. The summed E-state index contributed by atoms with van der Waals surface area (Å²) in [5.41, 5.74) is 1.37. The number of hydrogen-bond donors (Lipinski definition) is 2. The first-order chi connectivity index (χ1) is 12.8. The predicted octanol–water partition coefficient (Wildman–Crippen LogP) is 3.23. The molecule has 7 heteroatoms. The van der Waals surface area contributed by atoms with Crippen molar-refractivity contribution >= 4 is 29.2 Å². The maximum atomic E-state index is 12.0. The van der Waals surface area contributed by atoms with Crippen molar-refractivity contribution in [2.24, 2.45) is 0 Å². The third-order valence-electron chi connectivity index (χ3n) is 3.26. The molecule has 0 atom stereocenters. The number of rotatable bonds is 7. The zero-order chi connectivity index (χ0) is 19.8. The van der Waals surface area contributed by atoms with E-state index in [2.05, 4.69) is 10.6 Å². The van der Waals surface area contributed by atoms with Crippen LogP contribution in [-0.4, -0.2) is 30.5 Å². The van der Waals surface area contributed by atoms with Gasteiger partial charge < -0.3 is 20.1 Å². The maximum absolute atomic E-state index is 12.0. The largest absolute Gasteiger partial charge is 0.491 e. The predicted molar refractivity (Wildman–Crippen MR) is 102 cm³/mol. The zero-order valence-electron chi connectivity index (χ0n) is 15.4. The van der Waals surface area contributed by atoms with Crippen LogP contribution in [0.3, 0.4) is 0 Å². The Hall–Kier alpha value is -3.35. The molecule has 2 aromatic rings. The molecular formula is C20H22N2O5. The summed E-state index contributed by atoms with van der Waals surface area (Å²) < 4.78 is 10.5. The standard InChI is InChI=1S/C20H22N2O5/c1-13(2)27-18-9-7-15(8-10-18)20(25)26-12-19(24)22-17-6-4-5-16(11-17)21-14(3)23/h4-11,13H,12H2,1-3H3,(H,21,23)(H,22,24). The van der Waals surface area contributed by atoms with Crippen LogP contribution in [0.5, 0.6) is 5.75 Å². The Balaban J connectivity index is 1.86. The van der Waals surface area contributed by atoms with Gasteiger partial charge in [0.1, 0.15) is 5.75 Å². The molecule has 0 aromatic heterocycles. The van der Waals surface area contributed by atoms with E-state index in [0.717, 1.165) is 0 Å². The Labute approximate surface area is 157 Å². The van der Waals surface area contributed by atoms with E-state index >= 15 is 0 Å². The second-order valence-electron chi connectivity index (χ2n) is 6.08. The van der Waals surface area contributed by atoms with E-state index in [9.17, 15) is 14.4 Å². The summed E-state index contributed by atoms with van der Waals surface area (Å²) in [5, 5.41) is 5.23. The van der Waals surface area contributed by atoms with Crippen LogP contribution in [0.25, 0.3) is 0 Å². The molecule has 0 bridgehead atoms. The molecule has 0 aliphatic rings. The molecule has 0 spiro atoms. The van der Waals surface area contributed by atoms with E-state index in [0.29, 0.717) is 22.7 Å². The van der Waals surface area contributed by atoms with E-state index in [-0.39, 0.29) is 12.0 Å². The SMILES string of the molecule is CC(=O)Nc1cccc(NC(=O)COC(=O)c2ccc(OC(C)C)cc2)c1. The van der Waals surface area contributed by atoms with Crippen molar-refractivity contribution in [3.63, 3.8) is 0 Å². The van der Waals surface area contributed by atoms with E-state index in [1.165, 1.54) is 6.92 Å². The molecule has 2 aromatic carbocycles. The highest BCUT2D eigenvalue weighted by molar-refractivity contribution is 5.96. The zero-order valence-corrected chi connectivity index (χ0v) is 15.4. The highest BCUT2D eigenvalue weighted by atomic mass is 16.5. The van der Waals surface area contributed by atoms with Crippen molar-refractivity contribution in [2.75, 3.05) is 17.2 Å². The fourth-order valence-corrected chi connectivity index (χ4v) is 2.23. The van der Waals surface area contributed by atoms with E-state index in [4.69, 9.17) is 9.47 Å². The normalized spacial score (nSPS) is 10.2. The third-order valence-corrected chi connectivity index (χ3v) is 3.26. The number of benzene rings is 2. The molecule has 0 aliphatic heterocycles. The number of anilines is 2.